The molecule has 0 saturated heterocycles. The van der Waals surface area contributed by atoms with E-state index in [4.69, 9.17) is 4.74 Å². The van der Waals surface area contributed by atoms with Crippen molar-refractivity contribution in [3.8, 4) is 0 Å². The second kappa shape index (κ2) is 8.51. The zero-order valence-electron chi connectivity index (χ0n) is 14.1. The first-order valence-electron chi connectivity index (χ1n) is 7.70. The van der Waals surface area contributed by atoms with E-state index in [9.17, 15) is 4.79 Å². The normalized spacial score (nSPS) is 11.2. The van der Waals surface area contributed by atoms with Crippen molar-refractivity contribution in [1.82, 2.24) is 4.90 Å². The SMILES string of the molecule is CC(C)(C)OC(=O)N(Cc1ccc(I)cc1)Cc1ccc(I)cc1. The van der Waals surface area contributed by atoms with Crippen LogP contribution in [0.25, 0.3) is 0 Å². The molecule has 0 aliphatic carbocycles. The Morgan fingerprint density at radius 1 is 0.875 bits per heavy atom. The summed E-state index contributed by atoms with van der Waals surface area (Å²) in [6, 6.07) is 16.4. The van der Waals surface area contributed by atoms with Crippen molar-refractivity contribution in [3.05, 3.63) is 66.8 Å². The van der Waals surface area contributed by atoms with Crippen LogP contribution in [0.5, 0.6) is 0 Å². The van der Waals surface area contributed by atoms with Crippen molar-refractivity contribution >= 4 is 51.3 Å². The van der Waals surface area contributed by atoms with Gasteiger partial charge < -0.3 is 4.74 Å². The maximum atomic E-state index is 12.6. The Hall–Kier alpha value is -0.830. The Bertz CT molecular complexity index is 629. The topological polar surface area (TPSA) is 29.5 Å². The minimum absolute atomic E-state index is 0.292. The van der Waals surface area contributed by atoms with E-state index in [0.717, 1.165) is 11.1 Å². The van der Waals surface area contributed by atoms with E-state index < -0.39 is 5.60 Å². The van der Waals surface area contributed by atoms with Crippen molar-refractivity contribution in [1.29, 1.82) is 0 Å². The molecule has 0 aliphatic heterocycles. The molecule has 0 unspecified atom stereocenters. The van der Waals surface area contributed by atoms with E-state index >= 15 is 0 Å². The monoisotopic (exact) mass is 549 g/mol. The van der Waals surface area contributed by atoms with Gasteiger partial charge in [0.15, 0.2) is 0 Å². The maximum absolute atomic E-state index is 12.6. The lowest BCUT2D eigenvalue weighted by Gasteiger charge is -2.27. The summed E-state index contributed by atoms with van der Waals surface area (Å²) in [5.74, 6) is 0. The van der Waals surface area contributed by atoms with Gasteiger partial charge in [-0.05, 0) is 101 Å². The number of amides is 1. The van der Waals surface area contributed by atoms with Crippen LogP contribution >= 0.6 is 45.2 Å². The molecule has 2 aromatic carbocycles. The molecule has 1 amide bonds. The average Bonchev–Trinajstić information content (AvgIpc) is 2.49. The van der Waals surface area contributed by atoms with Gasteiger partial charge in [-0.1, -0.05) is 24.3 Å². The number of hydrogen-bond donors (Lipinski definition) is 0. The van der Waals surface area contributed by atoms with E-state index in [1.807, 2.05) is 69.3 Å². The predicted molar refractivity (Wildman–Crippen MR) is 114 cm³/mol. The molecule has 0 saturated carbocycles. The van der Waals surface area contributed by atoms with Crippen LogP contribution < -0.4 is 0 Å². The number of nitrogens with zero attached hydrogens (tertiary/aromatic N) is 1. The summed E-state index contributed by atoms with van der Waals surface area (Å²) in [5, 5.41) is 0. The van der Waals surface area contributed by atoms with Crippen LogP contribution in [-0.4, -0.2) is 16.6 Å². The fraction of sp³-hybridized carbons (Fsp3) is 0.316. The van der Waals surface area contributed by atoms with Gasteiger partial charge in [-0.3, -0.25) is 4.90 Å². The third-order valence-corrected chi connectivity index (χ3v) is 4.66. The first kappa shape index (κ1) is 19.5. The zero-order valence-corrected chi connectivity index (χ0v) is 18.4. The Morgan fingerprint density at radius 2 is 1.25 bits per heavy atom. The van der Waals surface area contributed by atoms with Gasteiger partial charge in [-0.25, -0.2) is 4.79 Å². The van der Waals surface area contributed by atoms with Gasteiger partial charge in [-0.15, -0.1) is 0 Å². The molecule has 0 spiro atoms. The fourth-order valence-corrected chi connectivity index (χ4v) is 2.85. The Kier molecular flexibility index (Phi) is 6.91. The zero-order chi connectivity index (χ0) is 17.7. The molecule has 0 heterocycles. The first-order valence-corrected chi connectivity index (χ1v) is 9.85. The van der Waals surface area contributed by atoms with Crippen LogP contribution in [-0.2, 0) is 17.8 Å². The third kappa shape index (κ3) is 6.58. The first-order chi connectivity index (χ1) is 11.2. The van der Waals surface area contributed by atoms with E-state index in [-0.39, 0.29) is 6.09 Å². The Balaban J connectivity index is 2.18. The van der Waals surface area contributed by atoms with Gasteiger partial charge in [0.25, 0.3) is 0 Å². The largest absolute Gasteiger partial charge is 0.444 e. The second-order valence-electron chi connectivity index (χ2n) is 6.59. The highest BCUT2D eigenvalue weighted by molar-refractivity contribution is 14.1. The summed E-state index contributed by atoms with van der Waals surface area (Å²) in [4.78, 5) is 14.3. The quantitative estimate of drug-likeness (QED) is 0.450. The van der Waals surface area contributed by atoms with Crippen molar-refractivity contribution < 1.29 is 9.53 Å². The minimum atomic E-state index is -0.506. The number of carbonyl (C=O) groups is 1. The maximum Gasteiger partial charge on any atom is 0.410 e. The summed E-state index contributed by atoms with van der Waals surface area (Å²) in [7, 11) is 0. The van der Waals surface area contributed by atoms with E-state index in [1.165, 1.54) is 7.14 Å². The highest BCUT2D eigenvalue weighted by atomic mass is 127. The van der Waals surface area contributed by atoms with Crippen molar-refractivity contribution in [2.45, 2.75) is 39.5 Å². The Morgan fingerprint density at radius 3 is 1.58 bits per heavy atom. The van der Waals surface area contributed by atoms with Gasteiger partial charge in [-0.2, -0.15) is 0 Å². The van der Waals surface area contributed by atoms with Gasteiger partial charge in [0.2, 0.25) is 0 Å². The third-order valence-electron chi connectivity index (χ3n) is 3.23. The van der Waals surface area contributed by atoms with Crippen molar-refractivity contribution in [3.63, 3.8) is 0 Å². The summed E-state index contributed by atoms with van der Waals surface area (Å²) < 4.78 is 7.93. The molecule has 0 atom stereocenters. The lowest BCUT2D eigenvalue weighted by molar-refractivity contribution is 0.0216. The number of carbonyl (C=O) groups excluding carboxylic acids is 1. The predicted octanol–water partition coefficient (Wildman–Crippen LogP) is 5.83. The lowest BCUT2D eigenvalue weighted by Crippen LogP contribution is -2.36. The smallest absolute Gasteiger partial charge is 0.410 e. The highest BCUT2D eigenvalue weighted by Crippen LogP contribution is 2.17. The summed E-state index contributed by atoms with van der Waals surface area (Å²) in [5.41, 5.74) is 1.67. The van der Waals surface area contributed by atoms with Crippen LogP contribution in [0, 0.1) is 7.14 Å². The van der Waals surface area contributed by atoms with Crippen LogP contribution in [0.15, 0.2) is 48.5 Å². The average molecular weight is 549 g/mol. The van der Waals surface area contributed by atoms with Gasteiger partial charge in [0.05, 0.1) is 0 Å². The highest BCUT2D eigenvalue weighted by Gasteiger charge is 2.22. The molecule has 5 heteroatoms. The molecule has 2 rings (SSSR count). The molecule has 0 N–H and O–H groups in total. The second-order valence-corrected chi connectivity index (χ2v) is 9.08. The molecule has 3 nitrogen and oxygen atoms in total. The van der Waals surface area contributed by atoms with E-state index in [1.54, 1.807) is 4.90 Å². The number of rotatable bonds is 4. The van der Waals surface area contributed by atoms with Crippen molar-refractivity contribution in [2.24, 2.45) is 0 Å². The summed E-state index contributed by atoms with van der Waals surface area (Å²) >= 11 is 4.55. The minimum Gasteiger partial charge on any atom is -0.444 e. The molecule has 0 aromatic heterocycles. The van der Waals surface area contributed by atoms with Gasteiger partial charge >= 0.3 is 6.09 Å². The number of ether oxygens (including phenoxy) is 1. The van der Waals surface area contributed by atoms with Gasteiger partial charge in [0, 0.05) is 20.2 Å². The lowest BCUT2D eigenvalue weighted by atomic mass is 10.1. The number of hydrogen-bond acceptors (Lipinski definition) is 2. The molecular weight excluding hydrogens is 528 g/mol. The van der Waals surface area contributed by atoms with Crippen LogP contribution in [0.3, 0.4) is 0 Å². The molecule has 0 fully saturated rings. The molecule has 0 aliphatic rings. The molecule has 2 aromatic rings. The van der Waals surface area contributed by atoms with Gasteiger partial charge in [0.1, 0.15) is 5.60 Å². The van der Waals surface area contributed by atoms with Crippen LogP contribution in [0.2, 0.25) is 0 Å². The Labute approximate surface area is 171 Å². The summed E-state index contributed by atoms with van der Waals surface area (Å²) in [6.45, 7) is 6.71. The molecule has 128 valence electrons. The number of halogens is 2. The van der Waals surface area contributed by atoms with Crippen molar-refractivity contribution in [2.75, 3.05) is 0 Å². The molecule has 0 radical (unpaired) electrons. The fourth-order valence-electron chi connectivity index (χ4n) is 2.13. The van der Waals surface area contributed by atoms with Crippen LogP contribution in [0.4, 0.5) is 4.79 Å². The summed E-state index contributed by atoms with van der Waals surface area (Å²) in [6.07, 6.45) is -0.292. The van der Waals surface area contributed by atoms with E-state index in [2.05, 4.69) is 45.2 Å². The van der Waals surface area contributed by atoms with Crippen LogP contribution in [0.1, 0.15) is 31.9 Å². The number of benzene rings is 2. The molecular formula is C19H21I2NO2. The molecule has 24 heavy (non-hydrogen) atoms. The van der Waals surface area contributed by atoms with E-state index in [0.29, 0.717) is 13.1 Å². The standard InChI is InChI=1S/C19H21I2NO2/c1-19(2,3)24-18(23)22(12-14-4-8-16(20)9-5-14)13-15-6-10-17(21)11-7-15/h4-11H,12-13H2,1-3H3. The molecule has 0 bridgehead atoms.